The number of aryl methyl sites for hydroxylation is 1. The van der Waals surface area contributed by atoms with Gasteiger partial charge in [0.15, 0.2) is 0 Å². The van der Waals surface area contributed by atoms with Crippen LogP contribution < -0.4 is 0 Å². The number of esters is 1. The molecule has 2 rings (SSSR count). The minimum atomic E-state index is -0.238. The fourth-order valence-electron chi connectivity index (χ4n) is 1.88. The van der Waals surface area contributed by atoms with Crippen molar-refractivity contribution in [3.8, 4) is 0 Å². The van der Waals surface area contributed by atoms with E-state index in [4.69, 9.17) is 9.47 Å². The van der Waals surface area contributed by atoms with Gasteiger partial charge in [-0.3, -0.25) is 9.48 Å². The first-order valence-corrected chi connectivity index (χ1v) is 6.00. The standard InChI is InChI=1S/C12H18N2O3/c1-14-6-5-10(13-14)8-12(15)17-9-11-4-2-3-7-16-11/h5-6,11H,2-4,7-9H2,1H3/t11-/m1/s1. The third kappa shape index (κ3) is 3.85. The van der Waals surface area contributed by atoms with Crippen LogP contribution in [0.15, 0.2) is 12.3 Å². The first kappa shape index (κ1) is 12.1. The van der Waals surface area contributed by atoms with Gasteiger partial charge in [-0.25, -0.2) is 0 Å². The summed E-state index contributed by atoms with van der Waals surface area (Å²) in [5, 5.41) is 4.13. The van der Waals surface area contributed by atoms with Crippen LogP contribution in [0, 0.1) is 0 Å². The zero-order valence-electron chi connectivity index (χ0n) is 10.1. The number of nitrogens with zero attached hydrogens (tertiary/aromatic N) is 2. The second-order valence-electron chi connectivity index (χ2n) is 4.33. The van der Waals surface area contributed by atoms with E-state index in [1.165, 1.54) is 0 Å². The maximum absolute atomic E-state index is 11.5. The third-order valence-electron chi connectivity index (χ3n) is 2.80. The molecule has 17 heavy (non-hydrogen) atoms. The first-order valence-electron chi connectivity index (χ1n) is 6.00. The van der Waals surface area contributed by atoms with Gasteiger partial charge in [0.05, 0.1) is 18.2 Å². The van der Waals surface area contributed by atoms with E-state index in [0.29, 0.717) is 6.61 Å². The third-order valence-corrected chi connectivity index (χ3v) is 2.80. The Balaban J connectivity index is 1.70. The van der Waals surface area contributed by atoms with Crippen LogP contribution in [0.5, 0.6) is 0 Å². The molecule has 1 aromatic heterocycles. The molecule has 0 aromatic carbocycles. The summed E-state index contributed by atoms with van der Waals surface area (Å²) in [6.07, 6.45) is 5.37. The molecule has 0 radical (unpaired) electrons. The Labute approximate surface area is 101 Å². The quantitative estimate of drug-likeness (QED) is 0.736. The average Bonchev–Trinajstić information content (AvgIpc) is 2.73. The Hall–Kier alpha value is -1.36. The number of rotatable bonds is 4. The minimum absolute atomic E-state index is 0.0800. The van der Waals surface area contributed by atoms with Crippen LogP contribution in [0.1, 0.15) is 25.0 Å². The molecular formula is C12H18N2O3. The van der Waals surface area contributed by atoms with E-state index in [1.54, 1.807) is 4.68 Å². The average molecular weight is 238 g/mol. The summed E-state index contributed by atoms with van der Waals surface area (Å²) in [6.45, 7) is 1.15. The maximum atomic E-state index is 11.5. The van der Waals surface area contributed by atoms with Crippen LogP contribution in [-0.2, 0) is 27.7 Å². The molecule has 2 heterocycles. The van der Waals surface area contributed by atoms with Crippen molar-refractivity contribution >= 4 is 5.97 Å². The SMILES string of the molecule is Cn1ccc(CC(=O)OC[C@H]2CCCCO2)n1. The highest BCUT2D eigenvalue weighted by atomic mass is 16.6. The number of hydrogen-bond donors (Lipinski definition) is 0. The molecule has 1 atom stereocenters. The lowest BCUT2D eigenvalue weighted by Crippen LogP contribution is -2.26. The smallest absolute Gasteiger partial charge is 0.312 e. The van der Waals surface area contributed by atoms with Gasteiger partial charge in [0.25, 0.3) is 0 Å². The molecule has 1 aromatic rings. The predicted molar refractivity (Wildman–Crippen MR) is 61.5 cm³/mol. The highest BCUT2D eigenvalue weighted by Crippen LogP contribution is 2.13. The molecule has 0 unspecified atom stereocenters. The van der Waals surface area contributed by atoms with Gasteiger partial charge in [0, 0.05) is 19.9 Å². The highest BCUT2D eigenvalue weighted by Gasteiger charge is 2.16. The maximum Gasteiger partial charge on any atom is 0.312 e. The van der Waals surface area contributed by atoms with Gasteiger partial charge in [-0.05, 0) is 25.3 Å². The zero-order chi connectivity index (χ0) is 12.1. The topological polar surface area (TPSA) is 53.4 Å². The van der Waals surface area contributed by atoms with Gasteiger partial charge < -0.3 is 9.47 Å². The Morgan fingerprint density at radius 3 is 3.18 bits per heavy atom. The predicted octanol–water partition coefficient (Wildman–Crippen LogP) is 1.07. The number of ether oxygens (including phenoxy) is 2. The van der Waals surface area contributed by atoms with Crippen molar-refractivity contribution in [1.82, 2.24) is 9.78 Å². The van der Waals surface area contributed by atoms with E-state index in [1.807, 2.05) is 19.3 Å². The molecule has 5 heteroatoms. The number of carbonyl (C=O) groups excluding carboxylic acids is 1. The van der Waals surface area contributed by atoms with E-state index < -0.39 is 0 Å². The normalized spacial score (nSPS) is 20.2. The van der Waals surface area contributed by atoms with E-state index >= 15 is 0 Å². The summed E-state index contributed by atoms with van der Waals surface area (Å²) >= 11 is 0. The molecular weight excluding hydrogens is 220 g/mol. The van der Waals surface area contributed by atoms with Gasteiger partial charge in [-0.1, -0.05) is 0 Å². The largest absolute Gasteiger partial charge is 0.463 e. The summed E-state index contributed by atoms with van der Waals surface area (Å²) in [5.74, 6) is -0.238. The van der Waals surface area contributed by atoms with Crippen LogP contribution >= 0.6 is 0 Å². The Kier molecular flexibility index (Phi) is 4.14. The van der Waals surface area contributed by atoms with Gasteiger partial charge in [0.2, 0.25) is 0 Å². The van der Waals surface area contributed by atoms with Gasteiger partial charge in [-0.2, -0.15) is 5.10 Å². The molecule has 5 nitrogen and oxygen atoms in total. The van der Waals surface area contributed by atoms with Crippen molar-refractivity contribution < 1.29 is 14.3 Å². The molecule has 0 N–H and O–H groups in total. The van der Waals surface area contributed by atoms with Crippen LogP contribution in [0.2, 0.25) is 0 Å². The second kappa shape index (κ2) is 5.82. The van der Waals surface area contributed by atoms with E-state index in [2.05, 4.69) is 5.10 Å². The lowest BCUT2D eigenvalue weighted by Gasteiger charge is -2.21. The van der Waals surface area contributed by atoms with Crippen LogP contribution in [-0.4, -0.2) is 35.1 Å². The van der Waals surface area contributed by atoms with Crippen LogP contribution in [0.3, 0.4) is 0 Å². The van der Waals surface area contributed by atoms with Gasteiger partial charge in [-0.15, -0.1) is 0 Å². The van der Waals surface area contributed by atoms with Gasteiger partial charge >= 0.3 is 5.97 Å². The van der Waals surface area contributed by atoms with Crippen molar-refractivity contribution in [2.45, 2.75) is 31.8 Å². The summed E-state index contributed by atoms with van der Waals surface area (Å²) in [7, 11) is 1.82. The summed E-state index contributed by atoms with van der Waals surface area (Å²) in [5.41, 5.74) is 0.738. The minimum Gasteiger partial charge on any atom is -0.463 e. The Morgan fingerprint density at radius 2 is 2.53 bits per heavy atom. The molecule has 1 aliphatic rings. The van der Waals surface area contributed by atoms with Crippen molar-refractivity contribution in [3.05, 3.63) is 18.0 Å². The summed E-state index contributed by atoms with van der Waals surface area (Å²) in [6, 6.07) is 1.82. The highest BCUT2D eigenvalue weighted by molar-refractivity contribution is 5.71. The van der Waals surface area contributed by atoms with E-state index in [0.717, 1.165) is 31.6 Å². The van der Waals surface area contributed by atoms with Crippen molar-refractivity contribution in [3.63, 3.8) is 0 Å². The Morgan fingerprint density at radius 1 is 1.65 bits per heavy atom. The molecule has 1 fully saturated rings. The molecule has 0 spiro atoms. The van der Waals surface area contributed by atoms with E-state index in [9.17, 15) is 4.79 Å². The van der Waals surface area contributed by atoms with Crippen LogP contribution in [0.25, 0.3) is 0 Å². The van der Waals surface area contributed by atoms with Crippen molar-refractivity contribution in [2.24, 2.45) is 7.05 Å². The molecule has 0 amide bonds. The number of aromatic nitrogens is 2. The monoisotopic (exact) mass is 238 g/mol. The van der Waals surface area contributed by atoms with Crippen molar-refractivity contribution in [1.29, 1.82) is 0 Å². The lowest BCUT2D eigenvalue weighted by molar-refractivity contribution is -0.148. The summed E-state index contributed by atoms with van der Waals surface area (Å²) < 4.78 is 12.3. The molecule has 1 aliphatic heterocycles. The lowest BCUT2D eigenvalue weighted by atomic mass is 10.1. The number of carbonyl (C=O) groups is 1. The molecule has 1 saturated heterocycles. The van der Waals surface area contributed by atoms with Crippen LogP contribution in [0.4, 0.5) is 0 Å². The Bertz CT molecular complexity index is 370. The zero-order valence-corrected chi connectivity index (χ0v) is 10.1. The number of hydrogen-bond acceptors (Lipinski definition) is 4. The first-order chi connectivity index (χ1) is 8.24. The molecule has 0 aliphatic carbocycles. The summed E-state index contributed by atoms with van der Waals surface area (Å²) in [4.78, 5) is 11.5. The second-order valence-corrected chi connectivity index (χ2v) is 4.33. The van der Waals surface area contributed by atoms with Crippen molar-refractivity contribution in [2.75, 3.05) is 13.2 Å². The molecule has 94 valence electrons. The molecule has 0 bridgehead atoms. The van der Waals surface area contributed by atoms with E-state index in [-0.39, 0.29) is 18.5 Å². The fourth-order valence-corrected chi connectivity index (χ4v) is 1.88. The van der Waals surface area contributed by atoms with Gasteiger partial charge in [0.1, 0.15) is 6.61 Å². The fraction of sp³-hybridized carbons (Fsp3) is 0.667. The molecule has 0 saturated carbocycles.